The molecule has 0 aromatic rings. The second-order valence-electron chi connectivity index (χ2n) is 28.5. The fourth-order valence-corrected chi connectivity index (χ4v) is 18.4. The quantitative estimate of drug-likeness (QED) is 0.0836. The molecule has 0 aromatic carbocycles. The monoisotopic (exact) mass is 1240 g/mol. The Labute approximate surface area is 513 Å². The number of carbonyl (C=O) groups excluding carboxylic acids is 1. The molecule has 7 aliphatic heterocycles. The van der Waals surface area contributed by atoms with E-state index < -0.39 is 165 Å². The number of rotatable bonds is 15. The Morgan fingerprint density at radius 2 is 1.15 bits per heavy atom. The van der Waals surface area contributed by atoms with Crippen LogP contribution in [0.2, 0.25) is 0 Å². The lowest BCUT2D eigenvalue weighted by molar-refractivity contribution is -0.472. The standard InChI is InChI=1S/C64H104O23/c1-31-54(81-49-24-41(67)55(32(2)74-49)82-52-27-44(71-13)57(34(4)77-52)84-53-26-43(70-12)56(33(3)76-53)80-38(8)65)42(68)25-50(75-31)83-58-36(6)85-63(29-46(58)72-14)30-73-45-28-51(78-35(5)59(45)86-87-63)79-37(7)64(69)22-18-48-61(10)19-15-39-23-40(66)16-20-60(39,9)47(61)17-21-62(48,64)11/h15,31-37,40-59,66-69H,16-30H2,1-14H3. The van der Waals surface area contributed by atoms with Crippen LogP contribution < -0.4 is 0 Å². The number of aliphatic hydroxyl groups excluding tert-OH is 3. The van der Waals surface area contributed by atoms with Gasteiger partial charge in [-0.05, 0) is 122 Å². The van der Waals surface area contributed by atoms with Gasteiger partial charge >= 0.3 is 5.97 Å². The molecule has 0 radical (unpaired) electrons. The lowest BCUT2D eigenvalue weighted by Crippen LogP contribution is -2.62. The number of methoxy groups -OCH3 is 3. The lowest BCUT2D eigenvalue weighted by Gasteiger charge is -2.64. The molecule has 0 amide bonds. The summed E-state index contributed by atoms with van der Waals surface area (Å²) >= 11 is 0. The van der Waals surface area contributed by atoms with Crippen LogP contribution in [0.4, 0.5) is 0 Å². The van der Waals surface area contributed by atoms with Gasteiger partial charge in [0, 0.05) is 72.2 Å². The summed E-state index contributed by atoms with van der Waals surface area (Å²) in [6, 6.07) is 0. The minimum absolute atomic E-state index is 0.0308. The van der Waals surface area contributed by atoms with Crippen LogP contribution in [0.3, 0.4) is 0 Å². The van der Waals surface area contributed by atoms with Crippen molar-refractivity contribution in [3.8, 4) is 0 Å². The Morgan fingerprint density at radius 1 is 0.621 bits per heavy atom. The number of hydrogen-bond acceptors (Lipinski definition) is 23. The van der Waals surface area contributed by atoms with Crippen molar-refractivity contribution < 1.29 is 111 Å². The molecular formula is C64H104O23. The van der Waals surface area contributed by atoms with E-state index in [1.165, 1.54) is 12.5 Å². The Bertz CT molecular complexity index is 2350. The number of carbonyl (C=O) groups is 1. The summed E-state index contributed by atoms with van der Waals surface area (Å²) in [5.41, 5.74) is 0.150. The Balaban J connectivity index is 0.636. The molecular weight excluding hydrogens is 1140 g/mol. The minimum atomic E-state index is -1.35. The van der Waals surface area contributed by atoms with Crippen LogP contribution in [0.25, 0.3) is 0 Å². The molecule has 498 valence electrons. The van der Waals surface area contributed by atoms with E-state index in [0.717, 1.165) is 44.9 Å². The molecule has 3 saturated carbocycles. The third-order valence-corrected chi connectivity index (χ3v) is 23.1. The first-order valence-electron chi connectivity index (χ1n) is 32.6. The summed E-state index contributed by atoms with van der Waals surface area (Å²) in [5, 5.41) is 46.6. The summed E-state index contributed by atoms with van der Waals surface area (Å²) in [5.74, 6) is -0.937. The van der Waals surface area contributed by atoms with Gasteiger partial charge < -0.3 is 96.2 Å². The summed E-state index contributed by atoms with van der Waals surface area (Å²) in [7, 11) is 4.75. The van der Waals surface area contributed by atoms with Gasteiger partial charge in [0.15, 0.2) is 37.6 Å². The van der Waals surface area contributed by atoms with Crippen LogP contribution >= 0.6 is 0 Å². The lowest BCUT2D eigenvalue weighted by atomic mass is 9.41. The van der Waals surface area contributed by atoms with Crippen molar-refractivity contribution in [3.05, 3.63) is 11.6 Å². The molecule has 4 aliphatic carbocycles. The number of ether oxygens (including phenoxy) is 16. The largest absolute Gasteiger partial charge is 0.457 e. The van der Waals surface area contributed by atoms with Crippen LogP contribution in [0.1, 0.15) is 166 Å². The molecule has 0 aromatic heterocycles. The molecule has 1 spiro atoms. The van der Waals surface area contributed by atoms with Crippen molar-refractivity contribution in [3.63, 3.8) is 0 Å². The summed E-state index contributed by atoms with van der Waals surface area (Å²) in [4.78, 5) is 24.2. The number of fused-ring (bicyclic) bond motifs is 6. The molecule has 10 fully saturated rings. The average molecular weight is 1240 g/mol. The van der Waals surface area contributed by atoms with E-state index in [4.69, 9.17) is 85.6 Å². The third-order valence-electron chi connectivity index (χ3n) is 23.1. The fraction of sp³-hybridized carbons (Fsp3) is 0.953. The average Bonchev–Trinajstić information content (AvgIpc) is 1.64. The Morgan fingerprint density at radius 3 is 1.74 bits per heavy atom. The maximum Gasteiger partial charge on any atom is 0.303 e. The Kier molecular flexibility index (Phi) is 20.2. The zero-order chi connectivity index (χ0) is 62.3. The normalized spacial score (nSPS) is 53.2. The van der Waals surface area contributed by atoms with Crippen molar-refractivity contribution in [1.82, 2.24) is 0 Å². The number of allylic oxidation sites excluding steroid dienone is 1. The van der Waals surface area contributed by atoms with Crippen molar-refractivity contribution >= 4 is 5.97 Å². The van der Waals surface area contributed by atoms with Gasteiger partial charge in [-0.2, -0.15) is 4.89 Å². The van der Waals surface area contributed by atoms with E-state index >= 15 is 0 Å². The molecule has 0 bridgehead atoms. The summed E-state index contributed by atoms with van der Waals surface area (Å²) in [6.45, 7) is 21.6. The van der Waals surface area contributed by atoms with Crippen LogP contribution in [0, 0.1) is 28.1 Å². The number of hydrogen-bond donors (Lipinski definition) is 4. The Hall–Kier alpha value is -1.63. The van der Waals surface area contributed by atoms with Crippen LogP contribution in [0.15, 0.2) is 11.6 Å². The molecule has 23 heteroatoms. The SMILES string of the molecule is COC1CC(OC2C(C)OC(OC3C(O)CC(OC4C(O)CC(OC5C(C)OC6(COC7CC(OC(C)C8(O)CCC9C%10(C)CC=C%11CC(O)CCC%11(C)C%10CCC98C)OC(C)C7OO6)CC5OC)OC4C)OC3C)CC2OC)OC(C)C1OC(C)=O. The maximum atomic E-state index is 12.9. The van der Waals surface area contributed by atoms with Crippen molar-refractivity contribution in [2.75, 3.05) is 27.9 Å². The smallest absolute Gasteiger partial charge is 0.303 e. The zero-order valence-electron chi connectivity index (χ0n) is 53.8. The molecule has 7 heterocycles. The fourth-order valence-electron chi connectivity index (χ4n) is 18.4. The second kappa shape index (κ2) is 26.3. The van der Waals surface area contributed by atoms with E-state index in [0.29, 0.717) is 37.5 Å². The number of esters is 1. The number of aliphatic hydroxyl groups is 4. The van der Waals surface area contributed by atoms with Gasteiger partial charge in [0.25, 0.3) is 0 Å². The van der Waals surface area contributed by atoms with Crippen molar-refractivity contribution in [2.45, 2.75) is 331 Å². The van der Waals surface area contributed by atoms with Crippen molar-refractivity contribution in [1.29, 1.82) is 0 Å². The summed E-state index contributed by atoms with van der Waals surface area (Å²) < 4.78 is 101. The summed E-state index contributed by atoms with van der Waals surface area (Å²) in [6.07, 6.45) is -4.87. The second-order valence-corrected chi connectivity index (χ2v) is 28.5. The first-order chi connectivity index (χ1) is 41.2. The maximum absolute atomic E-state index is 12.9. The van der Waals surface area contributed by atoms with Gasteiger partial charge in [0.05, 0.1) is 85.0 Å². The van der Waals surface area contributed by atoms with E-state index in [9.17, 15) is 25.2 Å². The van der Waals surface area contributed by atoms with Crippen LogP contribution in [-0.4, -0.2) is 219 Å². The molecule has 11 aliphatic rings. The van der Waals surface area contributed by atoms with Gasteiger partial charge in [-0.1, -0.05) is 32.4 Å². The van der Waals surface area contributed by atoms with Gasteiger partial charge in [-0.15, -0.1) is 0 Å². The molecule has 23 nitrogen and oxygen atoms in total. The van der Waals surface area contributed by atoms with Gasteiger partial charge in [0.2, 0.25) is 5.79 Å². The van der Waals surface area contributed by atoms with E-state index in [-0.39, 0.29) is 48.2 Å². The van der Waals surface area contributed by atoms with E-state index in [2.05, 4.69) is 26.8 Å². The zero-order valence-corrected chi connectivity index (χ0v) is 53.8. The van der Waals surface area contributed by atoms with Crippen molar-refractivity contribution in [2.24, 2.45) is 28.1 Å². The van der Waals surface area contributed by atoms with E-state index in [1.807, 2.05) is 34.6 Å². The highest BCUT2D eigenvalue weighted by Gasteiger charge is 2.69. The third kappa shape index (κ3) is 12.8. The molecule has 4 N–H and O–H groups in total. The first-order valence-corrected chi connectivity index (χ1v) is 32.6. The van der Waals surface area contributed by atoms with E-state index in [1.54, 1.807) is 35.2 Å². The molecule has 7 saturated heterocycles. The highest BCUT2D eigenvalue weighted by Crippen LogP contribution is 2.72. The minimum Gasteiger partial charge on any atom is -0.457 e. The predicted molar refractivity (Wildman–Crippen MR) is 306 cm³/mol. The molecule has 32 unspecified atom stereocenters. The molecule has 87 heavy (non-hydrogen) atoms. The van der Waals surface area contributed by atoms with Gasteiger partial charge in [-0.25, -0.2) is 4.89 Å². The molecule has 32 atom stereocenters. The van der Waals surface area contributed by atoms with Crippen LogP contribution in [-0.2, 0) is 90.4 Å². The highest BCUT2D eigenvalue weighted by molar-refractivity contribution is 5.66. The van der Waals surface area contributed by atoms with Crippen LogP contribution in [0.5, 0.6) is 0 Å². The van der Waals surface area contributed by atoms with Gasteiger partial charge in [-0.3, -0.25) is 4.79 Å². The topological polar surface area (TPSA) is 264 Å². The highest BCUT2D eigenvalue weighted by atomic mass is 17.2. The predicted octanol–water partition coefficient (Wildman–Crippen LogP) is 5.97. The first kappa shape index (κ1) is 66.8. The van der Waals surface area contributed by atoms with Gasteiger partial charge in [0.1, 0.15) is 43.2 Å². The molecule has 11 rings (SSSR count).